The predicted molar refractivity (Wildman–Crippen MR) is 67.0 cm³/mol. The van der Waals surface area contributed by atoms with Crippen LogP contribution in [-0.2, 0) is 19.7 Å². The number of nitrogens with one attached hydrogen (secondary N) is 1. The lowest BCUT2D eigenvalue weighted by molar-refractivity contribution is 0.606. The molecule has 1 aromatic carbocycles. The van der Waals surface area contributed by atoms with Gasteiger partial charge >= 0.3 is 0 Å². The maximum Gasteiger partial charge on any atom is 0.229 e. The van der Waals surface area contributed by atoms with Crippen LogP contribution in [0.2, 0.25) is 0 Å². The molecule has 0 aromatic heterocycles. The number of anilines is 2. The molecule has 8 heteroatoms. The summed E-state index contributed by atoms with van der Waals surface area (Å²) in [7, 11) is -6.37. The number of rotatable bonds is 3. The first kappa shape index (κ1) is 12.8. The summed E-state index contributed by atoms with van der Waals surface area (Å²) in [6.07, 6.45) is 1.01. The van der Waals surface area contributed by atoms with E-state index in [4.69, 9.17) is 10.9 Å². The van der Waals surface area contributed by atoms with Crippen molar-refractivity contribution >= 4 is 37.0 Å². The number of nitrogens with two attached hydrogens (primary N) is 2. The molecule has 90 valence electrons. The second-order valence-corrected chi connectivity index (χ2v) is 6.99. The van der Waals surface area contributed by atoms with Gasteiger partial charge in [0, 0.05) is 11.4 Å². The molecule has 0 amide bonds. The first-order valence-corrected chi connectivity index (χ1v) is 7.80. The van der Waals surface area contributed by atoms with Gasteiger partial charge in [-0.05, 0) is 24.1 Å². The summed E-state index contributed by atoms with van der Waals surface area (Å²) in [6, 6.07) is 4.18. The molecule has 0 aliphatic rings. The molecule has 0 aliphatic heterocycles. The summed E-state index contributed by atoms with van der Waals surface area (Å²) < 4.78 is 35.7. The number of hydrogen-bond donors (Lipinski definition) is 3. The second-order valence-electron chi connectivity index (χ2n) is 3.35. The van der Waals surface area contributed by atoms with Crippen molar-refractivity contribution in [1.82, 2.24) is 0 Å². The third kappa shape index (κ3) is 3.40. The van der Waals surface area contributed by atoms with Crippen molar-refractivity contribution in [2.24, 2.45) is 5.14 Å². The van der Waals surface area contributed by atoms with Gasteiger partial charge in [-0.2, -0.15) is 0 Å². The SMILES string of the molecule is C=S(N)(=O)c1cc(NS(C)(=O)=O)ccc1N. The first-order valence-electron chi connectivity index (χ1n) is 4.12. The normalized spacial score (nSPS) is 15.4. The van der Waals surface area contributed by atoms with Crippen molar-refractivity contribution in [3.63, 3.8) is 0 Å². The molecule has 1 unspecified atom stereocenters. The Balaban J connectivity index is 3.29. The number of nitrogen functional groups attached to an aromatic ring is 1. The van der Waals surface area contributed by atoms with E-state index in [1.165, 1.54) is 18.2 Å². The summed E-state index contributed by atoms with van der Waals surface area (Å²) >= 11 is 0. The maximum atomic E-state index is 11.5. The Bertz CT molecular complexity index is 605. The van der Waals surface area contributed by atoms with Crippen LogP contribution in [0.15, 0.2) is 23.1 Å². The fourth-order valence-corrected chi connectivity index (χ4v) is 2.46. The lowest BCUT2D eigenvalue weighted by Gasteiger charge is -2.10. The largest absolute Gasteiger partial charge is 0.398 e. The van der Waals surface area contributed by atoms with Gasteiger partial charge in [0.05, 0.1) is 20.9 Å². The van der Waals surface area contributed by atoms with E-state index in [1.54, 1.807) is 0 Å². The zero-order valence-electron chi connectivity index (χ0n) is 8.64. The quantitative estimate of drug-likeness (QED) is 0.508. The van der Waals surface area contributed by atoms with Gasteiger partial charge in [-0.1, -0.05) is 0 Å². The molecule has 0 heterocycles. The van der Waals surface area contributed by atoms with Crippen molar-refractivity contribution in [1.29, 1.82) is 0 Å². The van der Waals surface area contributed by atoms with E-state index in [0.717, 1.165) is 6.26 Å². The summed E-state index contributed by atoms with van der Waals surface area (Å²) in [4.78, 5) is 0.126. The van der Waals surface area contributed by atoms with Crippen LogP contribution in [0.25, 0.3) is 0 Å². The van der Waals surface area contributed by atoms with E-state index in [0.29, 0.717) is 0 Å². The third-order valence-corrected chi connectivity index (χ3v) is 3.39. The molecule has 5 N–H and O–H groups in total. The van der Waals surface area contributed by atoms with Crippen LogP contribution in [0.1, 0.15) is 0 Å². The monoisotopic (exact) mass is 263 g/mol. The average Bonchev–Trinajstić information content (AvgIpc) is 2.04. The van der Waals surface area contributed by atoms with Crippen LogP contribution in [0.4, 0.5) is 11.4 Å². The first-order chi connectivity index (χ1) is 7.09. The van der Waals surface area contributed by atoms with Crippen LogP contribution in [0, 0.1) is 0 Å². The fourth-order valence-electron chi connectivity index (χ4n) is 1.11. The Morgan fingerprint density at radius 1 is 1.31 bits per heavy atom. The van der Waals surface area contributed by atoms with Crippen LogP contribution < -0.4 is 15.6 Å². The Labute approximate surface area is 94.8 Å². The average molecular weight is 263 g/mol. The zero-order chi connectivity index (χ0) is 12.6. The molecule has 0 fully saturated rings. The summed E-state index contributed by atoms with van der Waals surface area (Å²) in [6.45, 7) is 0. The molecule has 1 atom stereocenters. The van der Waals surface area contributed by atoms with E-state index in [-0.39, 0.29) is 16.3 Å². The molecule has 0 radical (unpaired) electrons. The Kier molecular flexibility index (Phi) is 3.17. The van der Waals surface area contributed by atoms with Gasteiger partial charge in [-0.3, -0.25) is 9.86 Å². The molecule has 0 bridgehead atoms. The van der Waals surface area contributed by atoms with E-state index in [9.17, 15) is 12.6 Å². The fraction of sp³-hybridized carbons (Fsp3) is 0.125. The van der Waals surface area contributed by atoms with Gasteiger partial charge in [0.15, 0.2) is 0 Å². The minimum atomic E-state index is -3.40. The predicted octanol–water partition coefficient (Wildman–Crippen LogP) is -0.411. The number of hydrogen-bond acceptors (Lipinski definition) is 4. The van der Waals surface area contributed by atoms with Gasteiger partial charge in [-0.15, -0.1) is 0 Å². The molecular formula is C8H13N3O3S2. The highest BCUT2D eigenvalue weighted by Crippen LogP contribution is 2.21. The Morgan fingerprint density at radius 2 is 1.88 bits per heavy atom. The van der Waals surface area contributed by atoms with Crippen LogP contribution in [-0.4, -0.2) is 24.8 Å². The molecule has 16 heavy (non-hydrogen) atoms. The lowest BCUT2D eigenvalue weighted by atomic mass is 10.3. The van der Waals surface area contributed by atoms with Gasteiger partial charge in [0.2, 0.25) is 10.0 Å². The number of sulfonamides is 1. The smallest absolute Gasteiger partial charge is 0.229 e. The standard InChI is InChI=1S/C8H13N3O3S2/c1-15(10,12)8-5-6(3-4-7(8)9)11-16(2,13)14/h3-5,11H,1,9H2,2H3,(H2,10,12). The van der Waals surface area contributed by atoms with Crippen molar-refractivity contribution < 1.29 is 12.6 Å². The third-order valence-electron chi connectivity index (χ3n) is 1.69. The van der Waals surface area contributed by atoms with E-state index in [1.807, 2.05) is 0 Å². The van der Waals surface area contributed by atoms with Crippen molar-refractivity contribution in [2.45, 2.75) is 4.90 Å². The summed E-state index contributed by atoms with van der Waals surface area (Å²) in [5.41, 5.74) is 6.02. The summed E-state index contributed by atoms with van der Waals surface area (Å²) in [5.74, 6) is 3.29. The molecule has 6 nitrogen and oxygen atoms in total. The highest BCUT2D eigenvalue weighted by atomic mass is 32.2. The Morgan fingerprint density at radius 3 is 2.31 bits per heavy atom. The van der Waals surface area contributed by atoms with Gasteiger partial charge in [0.25, 0.3) is 0 Å². The van der Waals surface area contributed by atoms with E-state index < -0.39 is 19.7 Å². The van der Waals surface area contributed by atoms with Crippen LogP contribution in [0.5, 0.6) is 0 Å². The molecule has 0 aliphatic carbocycles. The number of benzene rings is 1. The van der Waals surface area contributed by atoms with E-state index in [2.05, 4.69) is 10.6 Å². The molecule has 0 saturated heterocycles. The van der Waals surface area contributed by atoms with Crippen molar-refractivity contribution in [3.05, 3.63) is 18.2 Å². The summed E-state index contributed by atoms with van der Waals surface area (Å²) in [5, 5.41) is 5.35. The highest BCUT2D eigenvalue weighted by molar-refractivity contribution is 7.98. The van der Waals surface area contributed by atoms with E-state index >= 15 is 0 Å². The lowest BCUT2D eigenvalue weighted by Crippen LogP contribution is -2.15. The maximum absolute atomic E-state index is 11.5. The highest BCUT2D eigenvalue weighted by Gasteiger charge is 2.09. The van der Waals surface area contributed by atoms with Crippen molar-refractivity contribution in [2.75, 3.05) is 16.7 Å². The second kappa shape index (κ2) is 3.96. The molecule has 0 saturated carbocycles. The minimum Gasteiger partial charge on any atom is -0.398 e. The zero-order valence-corrected chi connectivity index (χ0v) is 10.3. The molecular weight excluding hydrogens is 250 g/mol. The van der Waals surface area contributed by atoms with Gasteiger partial charge in [-0.25, -0.2) is 12.6 Å². The minimum absolute atomic E-state index is 0.126. The molecule has 1 aromatic rings. The van der Waals surface area contributed by atoms with Gasteiger partial charge < -0.3 is 5.73 Å². The molecule has 1 rings (SSSR count). The van der Waals surface area contributed by atoms with Crippen molar-refractivity contribution in [3.8, 4) is 0 Å². The van der Waals surface area contributed by atoms with Crippen LogP contribution >= 0.6 is 0 Å². The topological polar surface area (TPSA) is 115 Å². The van der Waals surface area contributed by atoms with Crippen LogP contribution in [0.3, 0.4) is 0 Å². The van der Waals surface area contributed by atoms with Gasteiger partial charge in [0.1, 0.15) is 0 Å². The Hall–Kier alpha value is -1.25. The molecule has 0 spiro atoms.